The summed E-state index contributed by atoms with van der Waals surface area (Å²) in [5, 5.41) is 3.41. The molecule has 0 aliphatic heterocycles. The van der Waals surface area contributed by atoms with Gasteiger partial charge >= 0.3 is 0 Å². The lowest BCUT2D eigenvalue weighted by Crippen LogP contribution is -2.24. The molecular formula is C13H22N2OS. The molecule has 2 rings (SSSR count). The third-order valence-corrected chi connectivity index (χ3v) is 4.25. The predicted molar refractivity (Wildman–Crippen MR) is 71.4 cm³/mol. The minimum atomic E-state index is 0.524. The van der Waals surface area contributed by atoms with Gasteiger partial charge in [-0.1, -0.05) is 19.3 Å². The summed E-state index contributed by atoms with van der Waals surface area (Å²) in [4.78, 5) is 5.57. The Hall–Kier alpha value is -0.450. The van der Waals surface area contributed by atoms with Crippen molar-refractivity contribution in [1.82, 2.24) is 10.3 Å². The van der Waals surface area contributed by atoms with Crippen molar-refractivity contribution in [3.63, 3.8) is 0 Å². The quantitative estimate of drug-likeness (QED) is 0.793. The van der Waals surface area contributed by atoms with E-state index in [0.717, 1.165) is 25.4 Å². The van der Waals surface area contributed by atoms with Gasteiger partial charge in [-0.2, -0.15) is 0 Å². The van der Waals surface area contributed by atoms with Crippen LogP contribution in [0.4, 0.5) is 0 Å². The smallest absolute Gasteiger partial charge is 0.0798 e. The molecule has 0 saturated heterocycles. The molecule has 96 valence electrons. The maximum atomic E-state index is 5.86. The maximum absolute atomic E-state index is 5.86. The summed E-state index contributed by atoms with van der Waals surface area (Å²) in [7, 11) is 0. The molecule has 1 aromatic rings. The van der Waals surface area contributed by atoms with Crippen LogP contribution in [0.3, 0.4) is 0 Å². The molecule has 0 aromatic carbocycles. The average molecular weight is 254 g/mol. The summed E-state index contributed by atoms with van der Waals surface area (Å²) >= 11 is 1.72. The van der Waals surface area contributed by atoms with Gasteiger partial charge in [0.1, 0.15) is 0 Å². The van der Waals surface area contributed by atoms with E-state index < -0.39 is 0 Å². The second kappa shape index (κ2) is 7.09. The molecule has 1 fully saturated rings. The summed E-state index contributed by atoms with van der Waals surface area (Å²) < 4.78 is 5.86. The fourth-order valence-electron chi connectivity index (χ4n) is 2.23. The zero-order valence-corrected chi connectivity index (χ0v) is 11.4. The van der Waals surface area contributed by atoms with Crippen LogP contribution in [0.5, 0.6) is 0 Å². The number of nitrogens with one attached hydrogen (secondary N) is 1. The van der Waals surface area contributed by atoms with Crippen molar-refractivity contribution >= 4 is 11.3 Å². The molecule has 0 amide bonds. The monoisotopic (exact) mass is 254 g/mol. The van der Waals surface area contributed by atoms with Crippen LogP contribution in [0.15, 0.2) is 5.51 Å². The lowest BCUT2D eigenvalue weighted by atomic mass is 9.98. The van der Waals surface area contributed by atoms with E-state index >= 15 is 0 Å². The zero-order valence-electron chi connectivity index (χ0n) is 10.6. The first-order valence-electron chi connectivity index (χ1n) is 6.57. The van der Waals surface area contributed by atoms with E-state index in [1.54, 1.807) is 11.3 Å². The third-order valence-electron chi connectivity index (χ3n) is 3.32. The number of rotatable bonds is 6. The fraction of sp³-hybridized carbons (Fsp3) is 0.769. The number of aromatic nitrogens is 1. The van der Waals surface area contributed by atoms with Crippen LogP contribution in [0.1, 0.15) is 42.7 Å². The van der Waals surface area contributed by atoms with Crippen LogP contribution >= 0.6 is 11.3 Å². The molecular weight excluding hydrogens is 232 g/mol. The lowest BCUT2D eigenvalue weighted by Gasteiger charge is -2.21. The lowest BCUT2D eigenvalue weighted by molar-refractivity contribution is 0.0302. The van der Waals surface area contributed by atoms with Gasteiger partial charge in [-0.3, -0.25) is 0 Å². The molecule has 0 atom stereocenters. The Morgan fingerprint density at radius 3 is 2.94 bits per heavy atom. The Bertz CT molecular complexity index is 321. The summed E-state index contributed by atoms with van der Waals surface area (Å²) in [5.41, 5.74) is 3.06. The Kier molecular flexibility index (Phi) is 5.42. The van der Waals surface area contributed by atoms with Gasteiger partial charge in [0.25, 0.3) is 0 Å². The van der Waals surface area contributed by atoms with Crippen molar-refractivity contribution in [3.05, 3.63) is 16.1 Å². The summed E-state index contributed by atoms with van der Waals surface area (Å²) in [5.74, 6) is 0. The molecule has 1 aromatic heterocycles. The maximum Gasteiger partial charge on any atom is 0.0798 e. The fourth-order valence-corrected chi connectivity index (χ4v) is 2.97. The van der Waals surface area contributed by atoms with Gasteiger partial charge in [-0.15, -0.1) is 11.3 Å². The van der Waals surface area contributed by atoms with Gasteiger partial charge in [-0.05, 0) is 19.8 Å². The van der Waals surface area contributed by atoms with Crippen LogP contribution in [0.25, 0.3) is 0 Å². The first-order chi connectivity index (χ1) is 8.36. The second-order valence-electron chi connectivity index (χ2n) is 4.67. The number of nitrogens with zero attached hydrogens (tertiary/aromatic N) is 1. The second-order valence-corrected chi connectivity index (χ2v) is 5.61. The van der Waals surface area contributed by atoms with Gasteiger partial charge in [0.15, 0.2) is 0 Å². The number of thiazole rings is 1. The minimum Gasteiger partial charge on any atom is -0.377 e. The Balaban J connectivity index is 1.53. The Morgan fingerprint density at radius 1 is 1.41 bits per heavy atom. The highest BCUT2D eigenvalue weighted by molar-refractivity contribution is 7.09. The molecule has 0 radical (unpaired) electrons. The van der Waals surface area contributed by atoms with Gasteiger partial charge in [0.05, 0.1) is 23.9 Å². The average Bonchev–Trinajstić information content (AvgIpc) is 2.76. The van der Waals surface area contributed by atoms with E-state index in [2.05, 4.69) is 17.2 Å². The number of ether oxygens (including phenoxy) is 1. The molecule has 1 aliphatic rings. The molecule has 1 saturated carbocycles. The molecule has 3 nitrogen and oxygen atoms in total. The van der Waals surface area contributed by atoms with Crippen molar-refractivity contribution in [2.45, 2.75) is 51.7 Å². The highest BCUT2D eigenvalue weighted by Crippen LogP contribution is 2.19. The first kappa shape index (κ1) is 13.0. The van der Waals surface area contributed by atoms with Gasteiger partial charge in [-0.25, -0.2) is 4.98 Å². The topological polar surface area (TPSA) is 34.2 Å². The number of aryl methyl sites for hydroxylation is 1. The highest BCUT2D eigenvalue weighted by atomic mass is 32.1. The van der Waals surface area contributed by atoms with Crippen molar-refractivity contribution in [1.29, 1.82) is 0 Å². The summed E-state index contributed by atoms with van der Waals surface area (Å²) in [6, 6.07) is 0. The molecule has 0 spiro atoms. The van der Waals surface area contributed by atoms with E-state index in [1.807, 2.05) is 5.51 Å². The summed E-state index contributed by atoms with van der Waals surface area (Å²) in [6.45, 7) is 4.76. The molecule has 0 bridgehead atoms. The van der Waals surface area contributed by atoms with E-state index in [1.165, 1.54) is 37.0 Å². The van der Waals surface area contributed by atoms with Crippen LogP contribution in [-0.2, 0) is 11.3 Å². The van der Waals surface area contributed by atoms with Gasteiger partial charge in [0.2, 0.25) is 0 Å². The normalized spacial score (nSPS) is 17.5. The molecule has 4 heteroatoms. The first-order valence-corrected chi connectivity index (χ1v) is 7.45. The van der Waals surface area contributed by atoms with Crippen LogP contribution in [-0.4, -0.2) is 24.2 Å². The van der Waals surface area contributed by atoms with E-state index in [9.17, 15) is 0 Å². The van der Waals surface area contributed by atoms with Crippen molar-refractivity contribution in [2.24, 2.45) is 0 Å². The van der Waals surface area contributed by atoms with Crippen molar-refractivity contribution < 1.29 is 4.74 Å². The SMILES string of the molecule is Cc1ncsc1CNCCOC1CCCCC1. The molecule has 1 aliphatic carbocycles. The van der Waals surface area contributed by atoms with E-state index in [4.69, 9.17) is 4.74 Å². The number of hydrogen-bond acceptors (Lipinski definition) is 4. The predicted octanol–water partition coefficient (Wildman–Crippen LogP) is 2.89. The minimum absolute atomic E-state index is 0.524. The van der Waals surface area contributed by atoms with Gasteiger partial charge in [0, 0.05) is 18.0 Å². The molecule has 0 unspecified atom stereocenters. The molecule has 1 heterocycles. The standard InChI is InChI=1S/C13H22N2OS/c1-11-13(17-10-15-11)9-14-7-8-16-12-5-3-2-4-6-12/h10,12,14H,2-9H2,1H3. The zero-order chi connectivity index (χ0) is 11.9. The van der Waals surface area contributed by atoms with Crippen molar-refractivity contribution in [2.75, 3.05) is 13.2 Å². The molecule has 1 N–H and O–H groups in total. The number of hydrogen-bond donors (Lipinski definition) is 1. The third kappa shape index (κ3) is 4.37. The van der Waals surface area contributed by atoms with E-state index in [0.29, 0.717) is 6.10 Å². The van der Waals surface area contributed by atoms with E-state index in [-0.39, 0.29) is 0 Å². The van der Waals surface area contributed by atoms with Crippen LogP contribution in [0, 0.1) is 6.92 Å². The highest BCUT2D eigenvalue weighted by Gasteiger charge is 2.12. The van der Waals surface area contributed by atoms with Gasteiger partial charge < -0.3 is 10.1 Å². The Morgan fingerprint density at radius 2 is 2.24 bits per heavy atom. The van der Waals surface area contributed by atoms with Crippen LogP contribution in [0.2, 0.25) is 0 Å². The summed E-state index contributed by atoms with van der Waals surface area (Å²) in [6.07, 6.45) is 7.12. The van der Waals surface area contributed by atoms with Crippen molar-refractivity contribution in [3.8, 4) is 0 Å². The molecule has 17 heavy (non-hydrogen) atoms. The Labute approximate surface area is 108 Å². The van der Waals surface area contributed by atoms with Crippen LogP contribution < -0.4 is 5.32 Å². The largest absolute Gasteiger partial charge is 0.377 e.